The fourth-order valence-electron chi connectivity index (χ4n) is 10.4. The van der Waals surface area contributed by atoms with E-state index in [1.807, 2.05) is 64.1 Å². The molecule has 0 unspecified atom stereocenters. The molecular weight excluding hydrogens is 943 g/mol. The Morgan fingerprint density at radius 2 is 1.01 bits per heavy atom. The zero-order valence-corrected chi connectivity index (χ0v) is 43.9. The number of thiophene rings is 2. The quantitative estimate of drug-likeness (QED) is 0.0385. The minimum Gasteiger partial charge on any atom is -0.488 e. The van der Waals surface area contributed by atoms with Crippen LogP contribution in [0.1, 0.15) is 104 Å². The second-order valence-electron chi connectivity index (χ2n) is 21.2. The molecule has 2 aromatic heterocycles. The summed E-state index contributed by atoms with van der Waals surface area (Å²) in [6.07, 6.45) is 1.28. The summed E-state index contributed by atoms with van der Waals surface area (Å²) in [6, 6.07) is 28.8. The third kappa shape index (κ3) is 12.2. The molecule has 0 fully saturated rings. The number of aryl methyl sites for hydroxylation is 4. The van der Waals surface area contributed by atoms with Gasteiger partial charge in [-0.05, 0) is 160 Å². The largest absolute Gasteiger partial charge is 0.488 e. The summed E-state index contributed by atoms with van der Waals surface area (Å²) in [6.45, 7) is 21.5. The van der Waals surface area contributed by atoms with Gasteiger partial charge in [0.05, 0.1) is 6.10 Å². The van der Waals surface area contributed by atoms with Crippen molar-refractivity contribution in [3.63, 3.8) is 0 Å². The first-order valence-corrected chi connectivity index (χ1v) is 25.2. The molecule has 0 saturated heterocycles. The molecule has 70 heavy (non-hydrogen) atoms. The van der Waals surface area contributed by atoms with Crippen molar-refractivity contribution in [1.82, 2.24) is 0 Å². The van der Waals surface area contributed by atoms with Gasteiger partial charge >= 0.3 is 23.7 Å². The first-order chi connectivity index (χ1) is 32.4. The third-order valence-corrected chi connectivity index (χ3v) is 14.9. The predicted molar refractivity (Wildman–Crippen MR) is 275 cm³/mol. The van der Waals surface area contributed by atoms with E-state index in [-0.39, 0.29) is 12.8 Å². The van der Waals surface area contributed by atoms with Crippen LogP contribution in [0.15, 0.2) is 97.6 Å². The summed E-state index contributed by atoms with van der Waals surface area (Å²) < 4.78 is 117. The predicted octanol–water partition coefficient (Wildman–Crippen LogP) is 17.1. The molecule has 0 atom stereocenters. The number of alkyl halides is 6. The van der Waals surface area contributed by atoms with Crippen LogP contribution in [0.3, 0.4) is 0 Å². The second-order valence-corrected chi connectivity index (χ2v) is 23.4. The van der Waals surface area contributed by atoms with Gasteiger partial charge in [0, 0.05) is 25.2 Å². The van der Waals surface area contributed by atoms with Crippen LogP contribution in [0.25, 0.3) is 41.1 Å². The van der Waals surface area contributed by atoms with Crippen molar-refractivity contribution in [2.75, 3.05) is 13.2 Å². The van der Waals surface area contributed by atoms with E-state index in [0.29, 0.717) is 17.6 Å². The van der Waals surface area contributed by atoms with Crippen LogP contribution in [0.5, 0.6) is 11.5 Å². The van der Waals surface area contributed by atoms with Crippen LogP contribution in [0, 0.1) is 24.7 Å². The minimum atomic E-state index is -5.97. The molecule has 0 N–H and O–H groups in total. The number of benzene rings is 4. The smallest absolute Gasteiger partial charge is 0.377 e. The average molecular weight is 1010 g/mol. The number of carbonyl (C=O) groups excluding carboxylic acids is 1. The van der Waals surface area contributed by atoms with Gasteiger partial charge in [0.15, 0.2) is 6.61 Å². The molecule has 0 spiro atoms. The molecule has 0 radical (unpaired) electrons. The van der Waals surface area contributed by atoms with Gasteiger partial charge in [-0.3, -0.25) is 0 Å². The summed E-state index contributed by atoms with van der Waals surface area (Å²) in [5.74, 6) is -17.2. The Morgan fingerprint density at radius 1 is 0.600 bits per heavy atom. The highest BCUT2D eigenvalue weighted by atomic mass is 32.1. The highest BCUT2D eigenvalue weighted by Gasteiger charge is 2.72. The van der Waals surface area contributed by atoms with Gasteiger partial charge in [0.1, 0.15) is 29.3 Å². The van der Waals surface area contributed by atoms with Crippen LogP contribution in [-0.4, -0.2) is 54.3 Å². The van der Waals surface area contributed by atoms with Crippen LogP contribution in [-0.2, 0) is 27.1 Å². The van der Waals surface area contributed by atoms with Crippen LogP contribution >= 0.6 is 22.7 Å². The Bertz CT molecular complexity index is 2680. The Hall–Kier alpha value is -4.85. The maximum Gasteiger partial charge on any atom is 0.377 e. The Balaban J connectivity index is 1.27. The van der Waals surface area contributed by atoms with Gasteiger partial charge in [-0.2, -0.15) is 26.3 Å². The SMILES string of the molecule is C=CC(=O)OCC(F)(F)C(F)(F)C(F)(F)COC(C(C)(C)CC(C)(C)Oc1ccc2cc(-c3ccc(C)cc3CC)sc2c1)C(C)(C)CC(C)(C)Oc1ccc2cc(-c3ccc(C)cc3CC)sc2c1. The fraction of sp³-hybridized carbons (Fsp3) is 0.456. The zero-order valence-electron chi connectivity index (χ0n) is 42.3. The Labute approximate surface area is 417 Å². The monoisotopic (exact) mass is 1010 g/mol. The van der Waals surface area contributed by atoms with Crippen molar-refractivity contribution in [3.8, 4) is 32.4 Å². The summed E-state index contributed by atoms with van der Waals surface area (Å²) in [4.78, 5) is 13.7. The van der Waals surface area contributed by atoms with Crippen molar-refractivity contribution in [2.24, 2.45) is 10.8 Å². The molecule has 0 aliphatic heterocycles. The highest BCUT2D eigenvalue weighted by Crippen LogP contribution is 2.51. The molecule has 378 valence electrons. The number of esters is 1. The summed E-state index contributed by atoms with van der Waals surface area (Å²) in [5, 5.41) is 2.09. The maximum atomic E-state index is 15.7. The van der Waals surface area contributed by atoms with Gasteiger partial charge in [0.25, 0.3) is 0 Å². The van der Waals surface area contributed by atoms with E-state index in [4.69, 9.17) is 14.2 Å². The molecule has 13 heteroatoms. The number of carbonyl (C=O) groups is 1. The number of hydrogen-bond acceptors (Lipinski definition) is 7. The Kier molecular flexibility index (Phi) is 15.8. The van der Waals surface area contributed by atoms with Crippen molar-refractivity contribution < 1.29 is 50.1 Å². The molecule has 4 aromatic carbocycles. The number of fused-ring (bicyclic) bond motifs is 2. The lowest BCUT2D eigenvalue weighted by Crippen LogP contribution is -2.59. The van der Waals surface area contributed by atoms with Gasteiger partial charge in [0.2, 0.25) is 0 Å². The average Bonchev–Trinajstić information content (AvgIpc) is 3.87. The number of hydrogen-bond donors (Lipinski definition) is 0. The summed E-state index contributed by atoms with van der Waals surface area (Å²) in [7, 11) is 0. The summed E-state index contributed by atoms with van der Waals surface area (Å²) >= 11 is 3.29. The van der Waals surface area contributed by atoms with Crippen LogP contribution < -0.4 is 9.47 Å². The lowest BCUT2D eigenvalue weighted by Gasteiger charge is -2.49. The molecule has 0 bridgehead atoms. The molecule has 6 aromatic rings. The van der Waals surface area contributed by atoms with Gasteiger partial charge < -0.3 is 18.9 Å². The first kappa shape index (κ1) is 54.5. The summed E-state index contributed by atoms with van der Waals surface area (Å²) in [5.41, 5.74) is 3.00. The zero-order chi connectivity index (χ0) is 51.8. The van der Waals surface area contributed by atoms with Crippen molar-refractivity contribution in [2.45, 2.75) is 144 Å². The van der Waals surface area contributed by atoms with Crippen LogP contribution in [0.2, 0.25) is 0 Å². The number of ether oxygens (including phenoxy) is 4. The van der Waals surface area contributed by atoms with Gasteiger partial charge in [-0.1, -0.05) is 95.6 Å². The van der Waals surface area contributed by atoms with E-state index >= 15 is 17.6 Å². The van der Waals surface area contributed by atoms with Gasteiger partial charge in [-0.25, -0.2) is 4.79 Å². The highest BCUT2D eigenvalue weighted by molar-refractivity contribution is 7.22. The lowest BCUT2D eigenvalue weighted by atomic mass is 9.64. The normalized spacial score (nSPS) is 13.4. The molecule has 0 aliphatic rings. The number of halogens is 6. The molecule has 0 aliphatic carbocycles. The molecular formula is C57H66F6O5S2. The van der Waals surface area contributed by atoms with Crippen molar-refractivity contribution in [3.05, 3.63) is 120 Å². The topological polar surface area (TPSA) is 54.0 Å². The maximum absolute atomic E-state index is 15.7. The molecule has 6 rings (SSSR count). The number of rotatable bonds is 22. The molecule has 2 heterocycles. The molecule has 0 amide bonds. The second kappa shape index (κ2) is 20.3. The van der Waals surface area contributed by atoms with Crippen LogP contribution in [0.4, 0.5) is 26.3 Å². The van der Waals surface area contributed by atoms with Crippen molar-refractivity contribution >= 4 is 48.8 Å². The van der Waals surface area contributed by atoms with E-state index in [0.717, 1.165) is 42.8 Å². The molecule has 0 saturated carbocycles. The standard InChI is InChI=1S/C57H66F6O5S2/c1-14-37-25-35(4)17-23-43(37)47-27-39-19-21-41(29-45(39)69-47)67-53(10,11)31-51(6,7)50(66-34-56(60,61)57(62,63)55(58,59)33-65-49(64)16-3)52(8,9)32-54(12,13)68-42-22-20-40-28-48(70-46(40)30-42)44-24-18-36(5)26-38(44)15-2/h16-30,50H,3,14-15,31-34H2,1-2,4-13H3. The minimum absolute atomic E-state index is 0.153. The third-order valence-electron chi connectivity index (χ3n) is 12.7. The Morgan fingerprint density at radius 3 is 1.41 bits per heavy atom. The molecule has 5 nitrogen and oxygen atoms in total. The van der Waals surface area contributed by atoms with E-state index in [2.05, 4.69) is 87.5 Å². The van der Waals surface area contributed by atoms with Gasteiger partial charge in [-0.15, -0.1) is 22.7 Å². The van der Waals surface area contributed by atoms with E-state index in [1.54, 1.807) is 50.4 Å². The van der Waals surface area contributed by atoms with E-state index in [1.165, 1.54) is 33.4 Å². The lowest BCUT2D eigenvalue weighted by molar-refractivity contribution is -0.332. The fourth-order valence-corrected chi connectivity index (χ4v) is 12.7. The van der Waals surface area contributed by atoms with Crippen molar-refractivity contribution in [1.29, 1.82) is 0 Å². The van der Waals surface area contributed by atoms with E-state index in [9.17, 15) is 13.6 Å². The first-order valence-electron chi connectivity index (χ1n) is 23.6. The van der Waals surface area contributed by atoms with E-state index < -0.39 is 65.1 Å².